The van der Waals surface area contributed by atoms with Gasteiger partial charge in [0, 0.05) is 31.9 Å². The molecule has 3 rings (SSSR count). The molecule has 1 aromatic heterocycles. The van der Waals surface area contributed by atoms with Crippen LogP contribution in [0.2, 0.25) is 0 Å². The number of aliphatic hydroxyl groups excluding tert-OH is 1. The smallest absolute Gasteiger partial charge is 0.137 e. The highest BCUT2D eigenvalue weighted by molar-refractivity contribution is 5.28. The molecule has 1 unspecified atom stereocenters. The molecule has 4 heteroatoms. The van der Waals surface area contributed by atoms with Gasteiger partial charge in [-0.2, -0.15) is 0 Å². The summed E-state index contributed by atoms with van der Waals surface area (Å²) in [6.45, 7) is 3.22. The van der Waals surface area contributed by atoms with Crippen LogP contribution in [0.1, 0.15) is 29.2 Å². The van der Waals surface area contributed by atoms with Crippen molar-refractivity contribution in [2.45, 2.75) is 32.7 Å². The van der Waals surface area contributed by atoms with Gasteiger partial charge in [0.15, 0.2) is 0 Å². The minimum atomic E-state index is 0.251. The third kappa shape index (κ3) is 2.40. The van der Waals surface area contributed by atoms with Gasteiger partial charge in [-0.3, -0.25) is 0 Å². The maximum absolute atomic E-state index is 9.32. The minimum Gasteiger partial charge on any atom is -0.396 e. The Balaban J connectivity index is 1.87. The minimum absolute atomic E-state index is 0.251. The van der Waals surface area contributed by atoms with Crippen LogP contribution in [0.15, 0.2) is 24.3 Å². The van der Waals surface area contributed by atoms with Crippen molar-refractivity contribution >= 4 is 0 Å². The van der Waals surface area contributed by atoms with E-state index in [1.807, 2.05) is 0 Å². The highest BCUT2D eigenvalue weighted by Gasteiger charge is 2.22. The van der Waals surface area contributed by atoms with Crippen molar-refractivity contribution in [3.8, 4) is 0 Å². The fourth-order valence-corrected chi connectivity index (χ4v) is 2.71. The van der Waals surface area contributed by atoms with E-state index in [9.17, 15) is 5.11 Å². The maximum atomic E-state index is 9.32. The lowest BCUT2D eigenvalue weighted by Gasteiger charge is -2.22. The molecule has 0 bridgehead atoms. The average Bonchev–Trinajstić information content (AvgIpc) is 2.84. The first kappa shape index (κ1) is 12.4. The van der Waals surface area contributed by atoms with Crippen LogP contribution in [0.25, 0.3) is 0 Å². The molecule has 1 N–H and O–H groups in total. The molecule has 0 fully saturated rings. The van der Waals surface area contributed by atoms with Gasteiger partial charge in [0.05, 0.1) is 0 Å². The predicted molar refractivity (Wildman–Crippen MR) is 72.9 cm³/mol. The van der Waals surface area contributed by atoms with Crippen molar-refractivity contribution in [3.63, 3.8) is 0 Å². The lowest BCUT2D eigenvalue weighted by Crippen LogP contribution is -2.24. The zero-order chi connectivity index (χ0) is 13.2. The van der Waals surface area contributed by atoms with E-state index in [2.05, 4.69) is 46.0 Å². The van der Waals surface area contributed by atoms with Crippen molar-refractivity contribution < 1.29 is 5.11 Å². The highest BCUT2D eigenvalue weighted by Crippen LogP contribution is 2.21. The Kier molecular flexibility index (Phi) is 3.34. The van der Waals surface area contributed by atoms with Gasteiger partial charge in [0.25, 0.3) is 0 Å². The Labute approximate surface area is 113 Å². The quantitative estimate of drug-likeness (QED) is 0.911. The molecule has 1 aliphatic rings. The summed E-state index contributed by atoms with van der Waals surface area (Å²) in [5.74, 6) is 2.43. The summed E-state index contributed by atoms with van der Waals surface area (Å²) in [6, 6.07) is 8.38. The molecule has 2 aromatic rings. The van der Waals surface area contributed by atoms with Crippen LogP contribution in [-0.2, 0) is 19.4 Å². The number of aryl methyl sites for hydroxylation is 2. The predicted octanol–water partition coefficient (Wildman–Crippen LogP) is 1.73. The Morgan fingerprint density at radius 3 is 2.95 bits per heavy atom. The van der Waals surface area contributed by atoms with E-state index in [4.69, 9.17) is 0 Å². The molecule has 2 heterocycles. The van der Waals surface area contributed by atoms with Crippen LogP contribution < -0.4 is 0 Å². The fraction of sp³-hybridized carbons (Fsp3) is 0.467. The first-order chi connectivity index (χ1) is 9.28. The first-order valence-corrected chi connectivity index (χ1v) is 6.84. The molecule has 0 saturated carbocycles. The van der Waals surface area contributed by atoms with Gasteiger partial charge in [0.1, 0.15) is 11.6 Å². The van der Waals surface area contributed by atoms with Gasteiger partial charge in [-0.15, -0.1) is 10.2 Å². The number of aliphatic hydroxyl groups is 1. The molecular weight excluding hydrogens is 238 g/mol. The molecule has 1 atom stereocenters. The van der Waals surface area contributed by atoms with Crippen molar-refractivity contribution in [1.82, 2.24) is 14.8 Å². The number of fused-ring (bicyclic) bond motifs is 1. The third-order valence-electron chi connectivity index (χ3n) is 3.99. The molecule has 4 nitrogen and oxygen atoms in total. The van der Waals surface area contributed by atoms with E-state index in [-0.39, 0.29) is 6.61 Å². The number of nitrogens with zero attached hydrogens (tertiary/aromatic N) is 3. The standard InChI is InChI=1S/C15H19N3O/c1-11-4-2-3-5-13(11)8-15-17-16-14-7-6-12(10-19)9-18(14)15/h2-5,12,19H,6-10H2,1H3. The van der Waals surface area contributed by atoms with Crippen LogP contribution in [0, 0.1) is 12.8 Å². The Morgan fingerprint density at radius 1 is 1.32 bits per heavy atom. The van der Waals surface area contributed by atoms with Crippen LogP contribution in [0.3, 0.4) is 0 Å². The van der Waals surface area contributed by atoms with Crippen LogP contribution in [-0.4, -0.2) is 26.5 Å². The van der Waals surface area contributed by atoms with E-state index in [1.165, 1.54) is 11.1 Å². The van der Waals surface area contributed by atoms with E-state index >= 15 is 0 Å². The monoisotopic (exact) mass is 257 g/mol. The number of aromatic nitrogens is 3. The van der Waals surface area contributed by atoms with Crippen molar-refractivity contribution in [2.75, 3.05) is 6.61 Å². The second kappa shape index (κ2) is 5.13. The van der Waals surface area contributed by atoms with Gasteiger partial charge in [-0.05, 0) is 24.5 Å². The summed E-state index contributed by atoms with van der Waals surface area (Å²) >= 11 is 0. The van der Waals surface area contributed by atoms with E-state index < -0.39 is 0 Å². The van der Waals surface area contributed by atoms with Crippen LogP contribution in [0.4, 0.5) is 0 Å². The normalized spacial score (nSPS) is 18.3. The van der Waals surface area contributed by atoms with Crippen molar-refractivity contribution in [1.29, 1.82) is 0 Å². The average molecular weight is 257 g/mol. The summed E-state index contributed by atoms with van der Waals surface area (Å²) in [5.41, 5.74) is 2.58. The molecule has 0 spiro atoms. The molecular formula is C15H19N3O. The Morgan fingerprint density at radius 2 is 2.16 bits per heavy atom. The zero-order valence-electron chi connectivity index (χ0n) is 11.2. The fourth-order valence-electron chi connectivity index (χ4n) is 2.71. The lowest BCUT2D eigenvalue weighted by atomic mass is 10.00. The highest BCUT2D eigenvalue weighted by atomic mass is 16.3. The summed E-state index contributed by atoms with van der Waals surface area (Å²) in [4.78, 5) is 0. The SMILES string of the molecule is Cc1ccccc1Cc1nnc2n1CC(CO)CC2. The van der Waals surface area contributed by atoms with Crippen molar-refractivity contribution in [3.05, 3.63) is 47.0 Å². The molecule has 1 aromatic carbocycles. The second-order valence-electron chi connectivity index (χ2n) is 5.33. The van der Waals surface area contributed by atoms with Crippen LogP contribution >= 0.6 is 0 Å². The first-order valence-electron chi connectivity index (χ1n) is 6.84. The van der Waals surface area contributed by atoms with Crippen molar-refractivity contribution in [2.24, 2.45) is 5.92 Å². The second-order valence-corrected chi connectivity index (χ2v) is 5.33. The Bertz CT molecular complexity index is 577. The number of benzene rings is 1. The summed E-state index contributed by atoms with van der Waals surface area (Å²) in [5, 5.41) is 17.9. The van der Waals surface area contributed by atoms with Gasteiger partial charge < -0.3 is 9.67 Å². The van der Waals surface area contributed by atoms with Crippen LogP contribution in [0.5, 0.6) is 0 Å². The molecule has 19 heavy (non-hydrogen) atoms. The van der Waals surface area contributed by atoms with E-state index in [0.29, 0.717) is 5.92 Å². The zero-order valence-corrected chi connectivity index (χ0v) is 11.2. The molecule has 0 aliphatic carbocycles. The summed E-state index contributed by atoms with van der Waals surface area (Å²) < 4.78 is 2.19. The molecule has 1 aliphatic heterocycles. The molecule has 0 saturated heterocycles. The van der Waals surface area contributed by atoms with Gasteiger partial charge in [-0.1, -0.05) is 24.3 Å². The summed E-state index contributed by atoms with van der Waals surface area (Å²) in [6.07, 6.45) is 2.75. The largest absolute Gasteiger partial charge is 0.396 e. The maximum Gasteiger partial charge on any atom is 0.137 e. The van der Waals surface area contributed by atoms with Gasteiger partial charge >= 0.3 is 0 Å². The number of hydrogen-bond donors (Lipinski definition) is 1. The van der Waals surface area contributed by atoms with E-state index in [1.54, 1.807) is 0 Å². The van der Waals surface area contributed by atoms with Gasteiger partial charge in [0.2, 0.25) is 0 Å². The topological polar surface area (TPSA) is 50.9 Å². The third-order valence-corrected chi connectivity index (χ3v) is 3.99. The number of rotatable bonds is 3. The molecule has 0 radical (unpaired) electrons. The summed E-state index contributed by atoms with van der Waals surface area (Å²) in [7, 11) is 0. The Hall–Kier alpha value is -1.68. The molecule has 0 amide bonds. The number of hydrogen-bond acceptors (Lipinski definition) is 3. The van der Waals surface area contributed by atoms with Gasteiger partial charge in [-0.25, -0.2) is 0 Å². The lowest BCUT2D eigenvalue weighted by molar-refractivity contribution is 0.189. The van der Waals surface area contributed by atoms with E-state index in [0.717, 1.165) is 37.5 Å². The molecule has 100 valence electrons.